The third-order valence-electron chi connectivity index (χ3n) is 0.991. The molecule has 3 heteroatoms. The lowest BCUT2D eigenvalue weighted by Gasteiger charge is -1.89. The van der Waals surface area contributed by atoms with Crippen LogP contribution in [-0.2, 0) is 4.79 Å². The first-order chi connectivity index (χ1) is 3.80. The van der Waals surface area contributed by atoms with E-state index >= 15 is 0 Å². The second-order valence-electron chi connectivity index (χ2n) is 1.67. The average molecular weight is 110 g/mol. The number of carbonyl (C=O) groups excluding carboxylic acids is 1. The lowest BCUT2D eigenvalue weighted by atomic mass is 10.1. The van der Waals surface area contributed by atoms with Gasteiger partial charge in [0.05, 0.1) is 5.92 Å². The van der Waals surface area contributed by atoms with Crippen LogP contribution in [0.4, 0.5) is 0 Å². The molecule has 0 spiro atoms. The van der Waals surface area contributed by atoms with E-state index in [1.807, 2.05) is 0 Å². The molecule has 0 unspecified atom stereocenters. The second-order valence-corrected chi connectivity index (χ2v) is 1.67. The highest BCUT2D eigenvalue weighted by Crippen LogP contribution is 1.96. The topological polar surface area (TPSA) is 41.8 Å². The van der Waals surface area contributed by atoms with Gasteiger partial charge in [-0.2, -0.15) is 10.2 Å². The van der Waals surface area contributed by atoms with Gasteiger partial charge in [-0.3, -0.25) is 4.79 Å². The first-order valence-corrected chi connectivity index (χ1v) is 2.38. The van der Waals surface area contributed by atoms with Crippen LogP contribution >= 0.6 is 0 Å². The molecule has 0 radical (unpaired) electrons. The SMILES string of the molecule is CC(=O)C1C=NN=C1. The van der Waals surface area contributed by atoms with Crippen molar-refractivity contribution in [2.75, 3.05) is 0 Å². The molecule has 8 heavy (non-hydrogen) atoms. The quantitative estimate of drug-likeness (QED) is 0.477. The third kappa shape index (κ3) is 0.804. The first kappa shape index (κ1) is 5.15. The van der Waals surface area contributed by atoms with Crippen LogP contribution < -0.4 is 0 Å². The number of nitrogens with zero attached hydrogens (tertiary/aromatic N) is 2. The van der Waals surface area contributed by atoms with E-state index in [9.17, 15) is 4.79 Å². The van der Waals surface area contributed by atoms with Crippen molar-refractivity contribution in [3.63, 3.8) is 0 Å². The monoisotopic (exact) mass is 110 g/mol. The Balaban J connectivity index is 2.62. The minimum absolute atomic E-state index is 0.0926. The lowest BCUT2D eigenvalue weighted by Crippen LogP contribution is -2.10. The average Bonchev–Trinajstić information content (AvgIpc) is 2.12. The molecular formula is C5H6N2O. The molecule has 1 aliphatic rings. The van der Waals surface area contributed by atoms with Gasteiger partial charge in [0.2, 0.25) is 0 Å². The van der Waals surface area contributed by atoms with Crippen molar-refractivity contribution >= 4 is 18.2 Å². The number of Topliss-reactive ketones (excluding diaryl/α,β-unsaturated/α-hetero) is 1. The van der Waals surface area contributed by atoms with Gasteiger partial charge in [-0.15, -0.1) is 0 Å². The van der Waals surface area contributed by atoms with Crippen LogP contribution in [0.25, 0.3) is 0 Å². The highest BCUT2D eigenvalue weighted by Gasteiger charge is 2.10. The van der Waals surface area contributed by atoms with E-state index in [2.05, 4.69) is 10.2 Å². The molecule has 0 fully saturated rings. The summed E-state index contributed by atoms with van der Waals surface area (Å²) in [5, 5.41) is 7.02. The molecular weight excluding hydrogens is 104 g/mol. The highest BCUT2D eigenvalue weighted by atomic mass is 16.1. The molecule has 42 valence electrons. The molecule has 0 aliphatic carbocycles. The fraction of sp³-hybridized carbons (Fsp3) is 0.400. The number of rotatable bonds is 1. The summed E-state index contributed by atoms with van der Waals surface area (Å²) in [6.45, 7) is 1.52. The molecule has 0 atom stereocenters. The first-order valence-electron chi connectivity index (χ1n) is 2.38. The molecule has 0 bridgehead atoms. The van der Waals surface area contributed by atoms with E-state index in [1.54, 1.807) is 0 Å². The van der Waals surface area contributed by atoms with Gasteiger partial charge in [-0.25, -0.2) is 0 Å². The number of hydrogen-bond acceptors (Lipinski definition) is 3. The van der Waals surface area contributed by atoms with Crippen LogP contribution in [0, 0.1) is 5.92 Å². The lowest BCUT2D eigenvalue weighted by molar-refractivity contribution is -0.117. The van der Waals surface area contributed by atoms with Gasteiger partial charge < -0.3 is 0 Å². The maximum Gasteiger partial charge on any atom is 0.143 e. The van der Waals surface area contributed by atoms with Crippen molar-refractivity contribution in [1.82, 2.24) is 0 Å². The van der Waals surface area contributed by atoms with Gasteiger partial charge in [0.25, 0.3) is 0 Å². The molecule has 0 amide bonds. The van der Waals surface area contributed by atoms with Crippen molar-refractivity contribution in [3.05, 3.63) is 0 Å². The number of hydrogen-bond donors (Lipinski definition) is 0. The van der Waals surface area contributed by atoms with E-state index < -0.39 is 0 Å². The Labute approximate surface area is 47.1 Å². The second kappa shape index (κ2) is 1.86. The number of ketones is 1. The number of carbonyl (C=O) groups is 1. The van der Waals surface area contributed by atoms with Gasteiger partial charge in [-0.05, 0) is 6.92 Å². The zero-order valence-electron chi connectivity index (χ0n) is 4.53. The van der Waals surface area contributed by atoms with Gasteiger partial charge in [0.15, 0.2) is 0 Å². The normalized spacial score (nSPS) is 17.6. The summed E-state index contributed by atoms with van der Waals surface area (Å²) < 4.78 is 0. The third-order valence-corrected chi connectivity index (χ3v) is 0.991. The molecule has 0 saturated heterocycles. The highest BCUT2D eigenvalue weighted by molar-refractivity contribution is 6.09. The summed E-state index contributed by atoms with van der Waals surface area (Å²) in [7, 11) is 0. The fourth-order valence-electron chi connectivity index (χ4n) is 0.469. The molecule has 1 aliphatic heterocycles. The maximum atomic E-state index is 10.5. The molecule has 0 N–H and O–H groups in total. The summed E-state index contributed by atoms with van der Waals surface area (Å²) >= 11 is 0. The van der Waals surface area contributed by atoms with E-state index in [0.29, 0.717) is 0 Å². The zero-order valence-corrected chi connectivity index (χ0v) is 4.53. The van der Waals surface area contributed by atoms with Crippen molar-refractivity contribution in [3.8, 4) is 0 Å². The molecule has 0 aromatic carbocycles. The van der Waals surface area contributed by atoms with Gasteiger partial charge in [0.1, 0.15) is 5.78 Å². The Bertz CT molecular complexity index is 148. The van der Waals surface area contributed by atoms with Crippen LogP contribution in [0.2, 0.25) is 0 Å². The van der Waals surface area contributed by atoms with Crippen LogP contribution in [-0.4, -0.2) is 18.2 Å². The molecule has 1 heterocycles. The van der Waals surface area contributed by atoms with Crippen LogP contribution in [0.5, 0.6) is 0 Å². The van der Waals surface area contributed by atoms with E-state index in [0.717, 1.165) is 0 Å². The fourth-order valence-corrected chi connectivity index (χ4v) is 0.469. The Morgan fingerprint density at radius 3 is 2.25 bits per heavy atom. The summed E-state index contributed by atoms with van der Waals surface area (Å²) in [5.41, 5.74) is 0. The zero-order chi connectivity index (χ0) is 5.98. The summed E-state index contributed by atoms with van der Waals surface area (Å²) in [5.74, 6) is -0.0648. The predicted octanol–water partition coefficient (Wildman–Crippen LogP) is 0.262. The predicted molar refractivity (Wildman–Crippen MR) is 31.2 cm³/mol. The molecule has 0 aromatic heterocycles. The minimum Gasteiger partial charge on any atom is -0.299 e. The maximum absolute atomic E-state index is 10.5. The van der Waals surface area contributed by atoms with Gasteiger partial charge >= 0.3 is 0 Å². The van der Waals surface area contributed by atoms with Crippen LogP contribution in [0.1, 0.15) is 6.92 Å². The van der Waals surface area contributed by atoms with Gasteiger partial charge in [-0.1, -0.05) is 0 Å². The van der Waals surface area contributed by atoms with E-state index in [-0.39, 0.29) is 11.7 Å². The van der Waals surface area contributed by atoms with Crippen LogP contribution in [0.3, 0.4) is 0 Å². The molecule has 1 rings (SSSR count). The van der Waals surface area contributed by atoms with Crippen molar-refractivity contribution in [2.45, 2.75) is 6.92 Å². The van der Waals surface area contributed by atoms with Crippen molar-refractivity contribution < 1.29 is 4.79 Å². The molecule has 3 nitrogen and oxygen atoms in total. The Hall–Kier alpha value is -0.990. The largest absolute Gasteiger partial charge is 0.299 e. The van der Waals surface area contributed by atoms with Gasteiger partial charge in [0, 0.05) is 12.4 Å². The molecule has 0 aromatic rings. The van der Waals surface area contributed by atoms with Crippen molar-refractivity contribution in [1.29, 1.82) is 0 Å². The standard InChI is InChI=1S/C5H6N2O/c1-4(8)5-2-6-7-3-5/h2-3,5H,1H3. The Kier molecular flexibility index (Phi) is 1.20. The van der Waals surface area contributed by atoms with E-state index in [4.69, 9.17) is 0 Å². The van der Waals surface area contributed by atoms with E-state index in [1.165, 1.54) is 19.4 Å². The summed E-state index contributed by atoms with van der Waals surface area (Å²) in [6, 6.07) is 0. The summed E-state index contributed by atoms with van der Waals surface area (Å²) in [6.07, 6.45) is 3.06. The Morgan fingerprint density at radius 1 is 1.50 bits per heavy atom. The smallest absolute Gasteiger partial charge is 0.143 e. The van der Waals surface area contributed by atoms with Crippen molar-refractivity contribution in [2.24, 2.45) is 16.1 Å². The minimum atomic E-state index is -0.157. The van der Waals surface area contributed by atoms with Crippen LogP contribution in [0.15, 0.2) is 10.2 Å². The Morgan fingerprint density at radius 2 is 2.00 bits per heavy atom. The summed E-state index contributed by atoms with van der Waals surface area (Å²) in [4.78, 5) is 10.5. The molecule has 0 saturated carbocycles.